The van der Waals surface area contributed by atoms with Crippen molar-refractivity contribution in [3.63, 3.8) is 0 Å². The second-order valence-electron chi connectivity index (χ2n) is 6.92. The van der Waals surface area contributed by atoms with Gasteiger partial charge in [-0.1, -0.05) is 12.1 Å². The van der Waals surface area contributed by atoms with Crippen LogP contribution >= 0.6 is 0 Å². The number of rotatable bonds is 5. The first kappa shape index (κ1) is 17.4. The summed E-state index contributed by atoms with van der Waals surface area (Å²) in [5.74, 6) is 2.31. The number of nitrogens with zero attached hydrogens (tertiary/aromatic N) is 4. The Labute approximate surface area is 158 Å². The number of para-hydroxylation sites is 1. The number of phenolic OH excluding ortho intramolecular Hbond substituents is 1. The zero-order valence-electron chi connectivity index (χ0n) is 15.7. The van der Waals surface area contributed by atoms with E-state index in [9.17, 15) is 5.11 Å². The van der Waals surface area contributed by atoms with Crippen molar-refractivity contribution in [3.05, 3.63) is 58.8 Å². The first-order chi connectivity index (χ1) is 13.1. The van der Waals surface area contributed by atoms with Crippen LogP contribution in [0.15, 0.2) is 30.3 Å². The minimum atomic E-state index is 0.177. The van der Waals surface area contributed by atoms with E-state index >= 15 is 0 Å². The summed E-state index contributed by atoms with van der Waals surface area (Å²) >= 11 is 0. The summed E-state index contributed by atoms with van der Waals surface area (Å²) in [6.45, 7) is 4.69. The Morgan fingerprint density at radius 2 is 1.89 bits per heavy atom. The molecule has 6 nitrogen and oxygen atoms in total. The molecule has 1 aliphatic rings. The average molecular weight is 361 g/mol. The van der Waals surface area contributed by atoms with Crippen LogP contribution in [0.5, 0.6) is 5.75 Å². The Morgan fingerprint density at radius 3 is 2.74 bits per heavy atom. The maximum atomic E-state index is 10.1. The topological polar surface area (TPSA) is 83.8 Å². The van der Waals surface area contributed by atoms with E-state index in [4.69, 9.17) is 4.98 Å². The molecule has 0 atom stereocenters. The molecule has 0 amide bonds. The van der Waals surface area contributed by atoms with Gasteiger partial charge in [0.1, 0.15) is 17.4 Å². The van der Waals surface area contributed by atoms with Gasteiger partial charge in [0.2, 0.25) is 0 Å². The van der Waals surface area contributed by atoms with Gasteiger partial charge in [-0.25, -0.2) is 19.9 Å². The zero-order chi connectivity index (χ0) is 18.8. The Balaban J connectivity index is 1.48. The third kappa shape index (κ3) is 3.74. The molecule has 0 saturated carbocycles. The third-order valence-corrected chi connectivity index (χ3v) is 4.84. The molecule has 6 heteroatoms. The number of nitrogens with one attached hydrogen (secondary N) is 1. The van der Waals surface area contributed by atoms with Gasteiger partial charge in [0.15, 0.2) is 5.82 Å². The van der Waals surface area contributed by atoms with Crippen molar-refractivity contribution in [3.8, 4) is 17.1 Å². The summed E-state index contributed by atoms with van der Waals surface area (Å²) in [7, 11) is 0. The maximum Gasteiger partial charge on any atom is 0.165 e. The summed E-state index contributed by atoms with van der Waals surface area (Å²) < 4.78 is 0. The Kier molecular flexibility index (Phi) is 4.71. The fraction of sp³-hybridized carbons (Fsp3) is 0.333. The molecule has 3 aromatic rings. The Hall–Kier alpha value is -3.02. The van der Waals surface area contributed by atoms with E-state index in [1.807, 2.05) is 25.1 Å². The van der Waals surface area contributed by atoms with E-state index < -0.39 is 0 Å². The van der Waals surface area contributed by atoms with Crippen LogP contribution in [0.4, 0.5) is 5.82 Å². The number of phenols is 1. The minimum Gasteiger partial charge on any atom is -0.507 e. The minimum absolute atomic E-state index is 0.177. The van der Waals surface area contributed by atoms with Crippen LogP contribution in [-0.2, 0) is 19.3 Å². The van der Waals surface area contributed by atoms with E-state index in [-0.39, 0.29) is 5.75 Å². The van der Waals surface area contributed by atoms with Gasteiger partial charge in [-0.3, -0.25) is 0 Å². The van der Waals surface area contributed by atoms with Crippen LogP contribution in [0, 0.1) is 13.8 Å². The number of aromatic nitrogens is 4. The average Bonchev–Trinajstić information content (AvgIpc) is 3.11. The van der Waals surface area contributed by atoms with E-state index in [1.54, 1.807) is 12.1 Å². The van der Waals surface area contributed by atoms with E-state index in [0.717, 1.165) is 42.3 Å². The van der Waals surface area contributed by atoms with Crippen LogP contribution in [-0.4, -0.2) is 31.6 Å². The highest BCUT2D eigenvalue weighted by atomic mass is 16.3. The van der Waals surface area contributed by atoms with Crippen molar-refractivity contribution in [1.29, 1.82) is 0 Å². The fourth-order valence-corrected chi connectivity index (χ4v) is 3.54. The smallest absolute Gasteiger partial charge is 0.165 e. The van der Waals surface area contributed by atoms with Crippen molar-refractivity contribution in [1.82, 2.24) is 19.9 Å². The molecule has 4 rings (SSSR count). The van der Waals surface area contributed by atoms with Crippen LogP contribution < -0.4 is 5.32 Å². The quantitative estimate of drug-likeness (QED) is 0.725. The molecule has 0 spiro atoms. The summed E-state index contributed by atoms with van der Waals surface area (Å²) in [5, 5.41) is 13.4. The molecule has 1 aromatic carbocycles. The maximum absolute atomic E-state index is 10.1. The van der Waals surface area contributed by atoms with Crippen molar-refractivity contribution >= 4 is 5.82 Å². The number of aromatic hydroxyl groups is 1. The van der Waals surface area contributed by atoms with E-state index in [0.29, 0.717) is 17.9 Å². The number of fused-ring (bicyclic) bond motifs is 1. The van der Waals surface area contributed by atoms with Gasteiger partial charge in [0.05, 0.1) is 5.56 Å². The van der Waals surface area contributed by atoms with E-state index in [2.05, 4.69) is 27.2 Å². The van der Waals surface area contributed by atoms with Crippen molar-refractivity contribution in [2.75, 3.05) is 11.9 Å². The Morgan fingerprint density at radius 1 is 1.04 bits per heavy atom. The molecule has 0 aliphatic heterocycles. The molecule has 0 unspecified atom stereocenters. The number of aryl methyl sites for hydroxylation is 3. The monoisotopic (exact) mass is 361 g/mol. The van der Waals surface area contributed by atoms with Crippen molar-refractivity contribution in [2.24, 2.45) is 0 Å². The van der Waals surface area contributed by atoms with Gasteiger partial charge in [0, 0.05) is 36.1 Å². The van der Waals surface area contributed by atoms with Gasteiger partial charge in [-0.15, -0.1) is 0 Å². The molecule has 2 heterocycles. The lowest BCUT2D eigenvalue weighted by Gasteiger charge is -2.10. The molecule has 27 heavy (non-hydrogen) atoms. The zero-order valence-corrected chi connectivity index (χ0v) is 15.7. The highest BCUT2D eigenvalue weighted by molar-refractivity contribution is 5.64. The molecule has 0 bridgehead atoms. The first-order valence-electron chi connectivity index (χ1n) is 9.33. The van der Waals surface area contributed by atoms with Crippen molar-refractivity contribution < 1.29 is 5.11 Å². The predicted molar refractivity (Wildman–Crippen MR) is 105 cm³/mol. The molecule has 2 aromatic heterocycles. The van der Waals surface area contributed by atoms with Gasteiger partial charge >= 0.3 is 0 Å². The highest BCUT2D eigenvalue weighted by Crippen LogP contribution is 2.27. The predicted octanol–water partition coefficient (Wildman–Crippen LogP) is 3.40. The first-order valence-corrected chi connectivity index (χ1v) is 9.33. The van der Waals surface area contributed by atoms with Crippen LogP contribution in [0.3, 0.4) is 0 Å². The fourth-order valence-electron chi connectivity index (χ4n) is 3.54. The van der Waals surface area contributed by atoms with Crippen LogP contribution in [0.2, 0.25) is 0 Å². The SMILES string of the molecule is Cc1cc(NCCc2nc(C)c3c(n2)CCC3)nc(-c2ccccc2O)n1. The van der Waals surface area contributed by atoms with Gasteiger partial charge in [0.25, 0.3) is 0 Å². The van der Waals surface area contributed by atoms with Gasteiger partial charge < -0.3 is 10.4 Å². The lowest BCUT2D eigenvalue weighted by atomic mass is 10.2. The second-order valence-corrected chi connectivity index (χ2v) is 6.92. The normalized spacial score (nSPS) is 12.8. The summed E-state index contributed by atoms with van der Waals surface area (Å²) in [5.41, 5.74) is 5.15. The van der Waals surface area contributed by atoms with E-state index in [1.165, 1.54) is 17.7 Å². The van der Waals surface area contributed by atoms with Gasteiger partial charge in [-0.05, 0) is 50.8 Å². The third-order valence-electron chi connectivity index (χ3n) is 4.84. The lowest BCUT2D eigenvalue weighted by molar-refractivity contribution is 0.477. The molecular weight excluding hydrogens is 338 g/mol. The lowest BCUT2D eigenvalue weighted by Crippen LogP contribution is -2.11. The molecule has 2 N–H and O–H groups in total. The Bertz CT molecular complexity index is 986. The molecule has 0 fully saturated rings. The largest absolute Gasteiger partial charge is 0.507 e. The van der Waals surface area contributed by atoms with Crippen LogP contribution in [0.25, 0.3) is 11.4 Å². The molecule has 0 radical (unpaired) electrons. The highest BCUT2D eigenvalue weighted by Gasteiger charge is 2.16. The van der Waals surface area contributed by atoms with Crippen LogP contribution in [0.1, 0.15) is 34.9 Å². The number of benzene rings is 1. The summed E-state index contributed by atoms with van der Waals surface area (Å²) in [6.07, 6.45) is 4.09. The summed E-state index contributed by atoms with van der Waals surface area (Å²) in [6, 6.07) is 9.00. The number of hydrogen-bond donors (Lipinski definition) is 2. The van der Waals surface area contributed by atoms with Gasteiger partial charge in [-0.2, -0.15) is 0 Å². The molecule has 1 aliphatic carbocycles. The van der Waals surface area contributed by atoms with Crippen molar-refractivity contribution in [2.45, 2.75) is 39.5 Å². The number of hydrogen-bond acceptors (Lipinski definition) is 6. The molecule has 138 valence electrons. The number of anilines is 1. The standard InChI is InChI=1S/C21H23N5O/c1-13-12-20(26-21(23-13)16-6-3-4-9-18(16)27)22-11-10-19-24-14(2)15-7-5-8-17(15)25-19/h3-4,6,9,12,27H,5,7-8,10-11H2,1-2H3,(H,22,23,26). The second kappa shape index (κ2) is 7.31. The molecular formula is C21H23N5O. The summed E-state index contributed by atoms with van der Waals surface area (Å²) in [4.78, 5) is 18.4. The molecule has 0 saturated heterocycles.